The van der Waals surface area contributed by atoms with Crippen molar-refractivity contribution >= 4 is 40.8 Å². The molecule has 0 aliphatic heterocycles. The summed E-state index contributed by atoms with van der Waals surface area (Å²) in [5.74, 6) is 0.599. The molecule has 0 amide bonds. The third kappa shape index (κ3) is 4.38. The smallest absolute Gasteiger partial charge is 0.188 e. The lowest BCUT2D eigenvalue weighted by Gasteiger charge is -2.23. The van der Waals surface area contributed by atoms with Crippen LogP contribution in [0.4, 0.5) is 0 Å². The van der Waals surface area contributed by atoms with Crippen LogP contribution in [0.25, 0.3) is 10.9 Å². The van der Waals surface area contributed by atoms with E-state index in [1.807, 2.05) is 6.07 Å². The average molecular weight is 412 g/mol. The number of hydrogen-bond acceptors (Lipinski definition) is 1. The van der Waals surface area contributed by atoms with Gasteiger partial charge in [-0.05, 0) is 30.9 Å². The number of guanidine groups is 1. The Kier molecular flexibility index (Phi) is 6.54. The van der Waals surface area contributed by atoms with Gasteiger partial charge in [-0.1, -0.05) is 37.5 Å². The number of aromatic nitrogens is 1. The molecule has 4 nitrogen and oxygen atoms in total. The number of halogens is 1. The summed E-state index contributed by atoms with van der Waals surface area (Å²) in [5, 5.41) is 4.64. The zero-order valence-electron chi connectivity index (χ0n) is 12.8. The normalized spacial score (nSPS) is 16.5. The molecule has 5 heteroatoms. The number of para-hydroxylation sites is 1. The fourth-order valence-electron chi connectivity index (χ4n) is 3.14. The van der Waals surface area contributed by atoms with Gasteiger partial charge in [0.05, 0.1) is 0 Å². The number of benzene rings is 1. The summed E-state index contributed by atoms with van der Waals surface area (Å²) < 4.78 is 0. The fraction of sp³-hybridized carbons (Fsp3) is 0.471. The first kappa shape index (κ1) is 17.1. The predicted octanol–water partition coefficient (Wildman–Crippen LogP) is 3.57. The highest BCUT2D eigenvalue weighted by molar-refractivity contribution is 14.0. The van der Waals surface area contributed by atoms with Crippen LogP contribution in [0.5, 0.6) is 0 Å². The third-order valence-electron chi connectivity index (χ3n) is 4.30. The highest BCUT2D eigenvalue weighted by Gasteiger charge is 2.13. The average Bonchev–Trinajstić information content (AvgIpc) is 2.92. The van der Waals surface area contributed by atoms with Crippen molar-refractivity contribution in [3.63, 3.8) is 0 Å². The van der Waals surface area contributed by atoms with Gasteiger partial charge < -0.3 is 16.0 Å². The Labute approximate surface area is 149 Å². The van der Waals surface area contributed by atoms with Gasteiger partial charge in [0, 0.05) is 29.7 Å². The van der Waals surface area contributed by atoms with Crippen molar-refractivity contribution in [2.24, 2.45) is 10.7 Å². The molecule has 2 aromatic rings. The van der Waals surface area contributed by atoms with Crippen molar-refractivity contribution in [2.45, 2.75) is 44.6 Å². The Morgan fingerprint density at radius 3 is 2.82 bits per heavy atom. The molecule has 22 heavy (non-hydrogen) atoms. The van der Waals surface area contributed by atoms with Crippen LogP contribution < -0.4 is 11.1 Å². The Bertz CT molecular complexity index is 614. The van der Waals surface area contributed by atoms with Crippen LogP contribution >= 0.6 is 24.0 Å². The van der Waals surface area contributed by atoms with Gasteiger partial charge in [0.1, 0.15) is 0 Å². The van der Waals surface area contributed by atoms with E-state index in [-0.39, 0.29) is 24.0 Å². The summed E-state index contributed by atoms with van der Waals surface area (Å²) in [6.45, 7) is 0.730. The molecule has 1 aromatic heterocycles. The maximum atomic E-state index is 5.99. The quantitative estimate of drug-likeness (QED) is 0.409. The second kappa shape index (κ2) is 8.41. The Morgan fingerprint density at radius 1 is 1.23 bits per heavy atom. The number of aliphatic imine (C=N–C) groups is 1. The van der Waals surface area contributed by atoms with Gasteiger partial charge in [-0.3, -0.25) is 4.99 Å². The van der Waals surface area contributed by atoms with Crippen LogP contribution in [0.3, 0.4) is 0 Å². The minimum absolute atomic E-state index is 0. The fourth-order valence-corrected chi connectivity index (χ4v) is 3.14. The van der Waals surface area contributed by atoms with Gasteiger partial charge in [0.15, 0.2) is 5.96 Å². The summed E-state index contributed by atoms with van der Waals surface area (Å²) in [7, 11) is 0. The predicted molar refractivity (Wildman–Crippen MR) is 104 cm³/mol. The molecule has 0 bridgehead atoms. The Morgan fingerprint density at radius 2 is 2.00 bits per heavy atom. The van der Waals surface area contributed by atoms with E-state index in [2.05, 4.69) is 39.7 Å². The zero-order chi connectivity index (χ0) is 14.5. The van der Waals surface area contributed by atoms with Crippen molar-refractivity contribution in [2.75, 3.05) is 6.54 Å². The molecule has 1 heterocycles. The molecule has 4 N–H and O–H groups in total. The second-order valence-electron chi connectivity index (χ2n) is 5.86. The van der Waals surface area contributed by atoms with E-state index in [4.69, 9.17) is 5.73 Å². The van der Waals surface area contributed by atoms with Crippen molar-refractivity contribution in [1.29, 1.82) is 0 Å². The van der Waals surface area contributed by atoms with Gasteiger partial charge in [-0.25, -0.2) is 0 Å². The van der Waals surface area contributed by atoms with E-state index in [0.29, 0.717) is 12.0 Å². The van der Waals surface area contributed by atoms with Gasteiger partial charge in [-0.2, -0.15) is 0 Å². The minimum atomic E-state index is 0. The van der Waals surface area contributed by atoms with Gasteiger partial charge in [0.2, 0.25) is 0 Å². The summed E-state index contributed by atoms with van der Waals surface area (Å²) >= 11 is 0. The van der Waals surface area contributed by atoms with Crippen molar-refractivity contribution in [3.8, 4) is 0 Å². The third-order valence-corrected chi connectivity index (χ3v) is 4.30. The summed E-state index contributed by atoms with van der Waals surface area (Å²) in [5.41, 5.74) is 8.48. The lowest BCUT2D eigenvalue weighted by molar-refractivity contribution is 0.412. The first-order valence-corrected chi connectivity index (χ1v) is 7.94. The lowest BCUT2D eigenvalue weighted by atomic mass is 9.96. The summed E-state index contributed by atoms with van der Waals surface area (Å²) in [6, 6.07) is 8.89. The molecular weight excluding hydrogens is 387 g/mol. The molecule has 120 valence electrons. The zero-order valence-corrected chi connectivity index (χ0v) is 15.2. The molecular formula is C17H25IN4. The molecule has 0 unspecified atom stereocenters. The van der Waals surface area contributed by atoms with E-state index in [0.717, 1.165) is 13.0 Å². The molecule has 0 atom stereocenters. The largest absolute Gasteiger partial charge is 0.370 e. The highest BCUT2D eigenvalue weighted by atomic mass is 127. The maximum Gasteiger partial charge on any atom is 0.188 e. The monoisotopic (exact) mass is 412 g/mol. The van der Waals surface area contributed by atoms with Crippen LogP contribution in [0.1, 0.15) is 37.7 Å². The number of nitrogens with zero attached hydrogens (tertiary/aromatic N) is 1. The van der Waals surface area contributed by atoms with E-state index in [9.17, 15) is 0 Å². The number of rotatable bonds is 4. The molecule has 1 fully saturated rings. The molecule has 0 saturated heterocycles. The van der Waals surface area contributed by atoms with Crippen LogP contribution in [0, 0.1) is 0 Å². The van der Waals surface area contributed by atoms with Crippen molar-refractivity contribution < 1.29 is 0 Å². The molecule has 3 rings (SSSR count). The first-order chi connectivity index (χ1) is 10.3. The van der Waals surface area contributed by atoms with E-state index >= 15 is 0 Å². The van der Waals surface area contributed by atoms with Crippen LogP contribution in [-0.4, -0.2) is 23.5 Å². The van der Waals surface area contributed by atoms with Gasteiger partial charge in [0.25, 0.3) is 0 Å². The standard InChI is InChI=1S/C17H24N4.HI/c18-17(21-14-6-2-1-3-7-14)19-11-10-13-12-20-16-9-5-4-8-15(13)16;/h4-5,8-9,12,14,20H,1-3,6-7,10-11H2,(H3,18,19,21);1H. The van der Waals surface area contributed by atoms with E-state index in [1.54, 1.807) is 0 Å². The topological polar surface area (TPSA) is 66.2 Å². The molecule has 1 aliphatic carbocycles. The number of nitrogens with two attached hydrogens (primary N) is 1. The van der Waals surface area contributed by atoms with E-state index in [1.165, 1.54) is 48.6 Å². The number of nitrogens with one attached hydrogen (secondary N) is 2. The number of hydrogen-bond donors (Lipinski definition) is 3. The maximum absolute atomic E-state index is 5.99. The summed E-state index contributed by atoms with van der Waals surface area (Å²) in [6.07, 6.45) is 9.40. The Balaban J connectivity index is 0.00000176. The highest BCUT2D eigenvalue weighted by Crippen LogP contribution is 2.18. The van der Waals surface area contributed by atoms with Crippen molar-refractivity contribution in [1.82, 2.24) is 10.3 Å². The Hall–Kier alpha value is -1.24. The number of aromatic amines is 1. The van der Waals surface area contributed by atoms with Gasteiger partial charge >= 0.3 is 0 Å². The molecule has 1 aromatic carbocycles. The van der Waals surface area contributed by atoms with Gasteiger partial charge in [-0.15, -0.1) is 24.0 Å². The lowest BCUT2D eigenvalue weighted by Crippen LogP contribution is -2.41. The molecule has 0 radical (unpaired) electrons. The van der Waals surface area contributed by atoms with E-state index < -0.39 is 0 Å². The number of fused-ring (bicyclic) bond motifs is 1. The SMILES string of the molecule is I.NC(=NCCc1c[nH]c2ccccc12)NC1CCCCC1. The number of H-pyrrole nitrogens is 1. The van der Waals surface area contributed by atoms with Crippen LogP contribution in [0.2, 0.25) is 0 Å². The molecule has 1 saturated carbocycles. The van der Waals surface area contributed by atoms with Crippen molar-refractivity contribution in [3.05, 3.63) is 36.0 Å². The first-order valence-electron chi connectivity index (χ1n) is 7.94. The minimum Gasteiger partial charge on any atom is -0.370 e. The second-order valence-corrected chi connectivity index (χ2v) is 5.86. The van der Waals surface area contributed by atoms with Crippen LogP contribution in [-0.2, 0) is 6.42 Å². The van der Waals surface area contributed by atoms with Crippen LogP contribution in [0.15, 0.2) is 35.5 Å². The molecule has 1 aliphatic rings. The molecule has 0 spiro atoms. The summed E-state index contributed by atoms with van der Waals surface area (Å²) in [4.78, 5) is 7.77.